The van der Waals surface area contributed by atoms with Crippen molar-refractivity contribution in [2.45, 2.75) is 32.5 Å². The first-order chi connectivity index (χ1) is 13.2. The Balaban J connectivity index is 2.08. The van der Waals surface area contributed by atoms with Crippen molar-refractivity contribution in [3.8, 4) is 11.8 Å². The van der Waals surface area contributed by atoms with Crippen LogP contribution in [0, 0.1) is 30.4 Å². The zero-order chi connectivity index (χ0) is 20.6. The number of hydrogen-bond donors (Lipinski definition) is 3. The van der Waals surface area contributed by atoms with E-state index in [4.69, 9.17) is 5.73 Å². The molecule has 6 nitrogen and oxygen atoms in total. The molecule has 4 N–H and O–H groups in total. The molecule has 1 aliphatic heterocycles. The lowest BCUT2D eigenvalue weighted by Crippen LogP contribution is -2.51. The number of carbonyl (C=O) groups excluding carboxylic acids is 2. The third kappa shape index (κ3) is 3.50. The molecule has 2 heterocycles. The van der Waals surface area contributed by atoms with E-state index in [0.717, 1.165) is 6.07 Å². The van der Waals surface area contributed by atoms with Crippen LogP contribution in [-0.4, -0.2) is 42.1 Å². The first-order valence-corrected chi connectivity index (χ1v) is 8.65. The summed E-state index contributed by atoms with van der Waals surface area (Å²) in [7, 11) is 0. The molecule has 0 aliphatic carbocycles. The number of nitrogens with two attached hydrogens (primary N) is 1. The predicted molar refractivity (Wildman–Crippen MR) is 98.6 cm³/mol. The van der Waals surface area contributed by atoms with Gasteiger partial charge in [-0.15, -0.1) is 0 Å². The highest BCUT2D eigenvalue weighted by Gasteiger charge is 2.32. The normalized spacial score (nSPS) is 19.2. The van der Waals surface area contributed by atoms with Gasteiger partial charge in [0.1, 0.15) is 12.0 Å². The molecule has 0 spiro atoms. The fourth-order valence-electron chi connectivity index (χ4n) is 3.58. The third-order valence-electron chi connectivity index (χ3n) is 4.67. The zero-order valence-electron chi connectivity index (χ0n) is 15.3. The van der Waals surface area contributed by atoms with Gasteiger partial charge in [0.2, 0.25) is 0 Å². The number of rotatable bonds is 3. The van der Waals surface area contributed by atoms with Crippen molar-refractivity contribution >= 4 is 28.4 Å². The number of primary amides is 1. The fraction of sp³-hybridized carbons (Fsp3) is 0.368. The van der Waals surface area contributed by atoms with E-state index in [2.05, 4.69) is 22.1 Å². The van der Waals surface area contributed by atoms with Crippen molar-refractivity contribution in [3.05, 3.63) is 29.0 Å². The maximum absolute atomic E-state index is 14.9. The highest BCUT2D eigenvalue weighted by Crippen LogP contribution is 2.37. The molecule has 1 aromatic carbocycles. The monoisotopic (exact) mass is 392 g/mol. The number of aryl methyl sites for hydroxylation is 1. The molecule has 148 valence electrons. The summed E-state index contributed by atoms with van der Waals surface area (Å²) in [6, 6.07) is 0.276. The Kier molecular flexibility index (Phi) is 5.23. The molecule has 9 heteroatoms. The number of piperidine rings is 1. The first-order valence-electron chi connectivity index (χ1n) is 8.65. The quantitative estimate of drug-likeness (QED) is 0.697. The lowest BCUT2D eigenvalue weighted by atomic mass is 10.0. The number of halogens is 3. The van der Waals surface area contributed by atoms with Crippen LogP contribution in [0.3, 0.4) is 0 Å². The number of fused-ring (bicyclic) bond motifs is 1. The Bertz CT molecular complexity index is 1020. The van der Waals surface area contributed by atoms with Crippen LogP contribution in [0.15, 0.2) is 6.07 Å². The summed E-state index contributed by atoms with van der Waals surface area (Å²) in [6.45, 7) is 2.80. The highest BCUT2D eigenvalue weighted by atomic mass is 19.1. The molecule has 0 bridgehead atoms. The molecule has 2 amide bonds. The first kappa shape index (κ1) is 19.6. The Morgan fingerprint density at radius 3 is 2.71 bits per heavy atom. The van der Waals surface area contributed by atoms with E-state index in [0.29, 0.717) is 0 Å². The van der Waals surface area contributed by atoms with E-state index in [1.165, 1.54) is 18.7 Å². The summed E-state index contributed by atoms with van der Waals surface area (Å²) in [4.78, 5) is 27.4. The van der Waals surface area contributed by atoms with E-state index in [1.807, 2.05) is 0 Å². The Hall–Kier alpha value is -3.15. The number of H-pyrrole nitrogens is 1. The zero-order valence-corrected chi connectivity index (χ0v) is 15.3. The molecular formula is C19H19F3N4O2. The van der Waals surface area contributed by atoms with Gasteiger partial charge in [-0.1, -0.05) is 5.92 Å². The second kappa shape index (κ2) is 7.46. The number of aromatic amines is 1. The van der Waals surface area contributed by atoms with Crippen LogP contribution in [0.4, 0.5) is 18.9 Å². The van der Waals surface area contributed by atoms with Crippen molar-refractivity contribution < 1.29 is 22.8 Å². The number of carbonyl (C=O) groups is 2. The molecule has 1 aliphatic rings. The molecule has 1 fully saturated rings. The maximum atomic E-state index is 14.9. The molecule has 0 saturated carbocycles. The van der Waals surface area contributed by atoms with Gasteiger partial charge in [-0.05, 0) is 25.8 Å². The summed E-state index contributed by atoms with van der Waals surface area (Å²) in [5.74, 6) is 1.62. The molecule has 0 radical (unpaired) electrons. The molecular weight excluding hydrogens is 373 g/mol. The number of anilines is 1. The van der Waals surface area contributed by atoms with Crippen LogP contribution in [0.1, 0.15) is 29.4 Å². The van der Waals surface area contributed by atoms with Crippen molar-refractivity contribution in [2.24, 2.45) is 5.73 Å². The summed E-state index contributed by atoms with van der Waals surface area (Å²) >= 11 is 0. The van der Waals surface area contributed by atoms with E-state index in [-0.39, 0.29) is 47.4 Å². The molecule has 0 unspecified atom stereocenters. The molecule has 2 aromatic rings. The van der Waals surface area contributed by atoms with E-state index in [9.17, 15) is 22.8 Å². The fourth-order valence-corrected chi connectivity index (χ4v) is 3.58. The van der Waals surface area contributed by atoms with E-state index < -0.39 is 35.7 Å². The SMILES string of the molecule is CC#CC(=O)N[C@H]1C[C@H](F)CN(c2c(F)cc(C(N)=O)c3[nH]c(C)c(F)c23)C1. The molecule has 1 saturated heterocycles. The van der Waals surface area contributed by atoms with Crippen molar-refractivity contribution in [1.29, 1.82) is 0 Å². The topological polar surface area (TPSA) is 91.2 Å². The number of hydrogen-bond acceptors (Lipinski definition) is 3. The van der Waals surface area contributed by atoms with E-state index in [1.54, 1.807) is 0 Å². The van der Waals surface area contributed by atoms with Crippen molar-refractivity contribution in [2.75, 3.05) is 18.0 Å². The van der Waals surface area contributed by atoms with Gasteiger partial charge in [0.15, 0.2) is 5.82 Å². The Morgan fingerprint density at radius 2 is 2.07 bits per heavy atom. The smallest absolute Gasteiger partial charge is 0.296 e. The number of alkyl halides is 1. The maximum Gasteiger partial charge on any atom is 0.296 e. The minimum absolute atomic E-state index is 0.0341. The van der Waals surface area contributed by atoms with Crippen LogP contribution in [0.2, 0.25) is 0 Å². The van der Waals surface area contributed by atoms with Crippen molar-refractivity contribution in [1.82, 2.24) is 10.3 Å². The number of amides is 2. The van der Waals surface area contributed by atoms with Gasteiger partial charge >= 0.3 is 0 Å². The molecule has 1 aromatic heterocycles. The van der Waals surface area contributed by atoms with Gasteiger partial charge in [-0.3, -0.25) is 9.59 Å². The second-order valence-electron chi connectivity index (χ2n) is 6.72. The Morgan fingerprint density at radius 1 is 1.36 bits per heavy atom. The number of nitrogens with zero attached hydrogens (tertiary/aromatic N) is 1. The second-order valence-corrected chi connectivity index (χ2v) is 6.72. The number of aromatic nitrogens is 1. The number of benzene rings is 1. The van der Waals surface area contributed by atoms with Crippen LogP contribution in [-0.2, 0) is 4.79 Å². The average molecular weight is 392 g/mol. The minimum atomic E-state index is -1.37. The Labute approximate surface area is 159 Å². The summed E-state index contributed by atoms with van der Waals surface area (Å²) < 4.78 is 44.0. The lowest BCUT2D eigenvalue weighted by molar-refractivity contribution is -0.116. The highest BCUT2D eigenvalue weighted by molar-refractivity contribution is 6.09. The lowest BCUT2D eigenvalue weighted by Gasteiger charge is -2.36. The van der Waals surface area contributed by atoms with Gasteiger partial charge in [0, 0.05) is 25.2 Å². The average Bonchev–Trinajstić information content (AvgIpc) is 2.89. The number of nitrogens with one attached hydrogen (secondary N) is 2. The predicted octanol–water partition coefficient (Wildman–Crippen LogP) is 1.91. The summed E-state index contributed by atoms with van der Waals surface area (Å²) in [6.07, 6.45) is -1.34. The van der Waals surface area contributed by atoms with Crippen LogP contribution < -0.4 is 16.0 Å². The van der Waals surface area contributed by atoms with Gasteiger partial charge in [-0.2, -0.15) is 0 Å². The van der Waals surface area contributed by atoms with Gasteiger partial charge in [0.25, 0.3) is 11.8 Å². The molecule has 3 rings (SSSR count). The van der Waals surface area contributed by atoms with Gasteiger partial charge in [-0.25, -0.2) is 13.2 Å². The third-order valence-corrected chi connectivity index (χ3v) is 4.67. The van der Waals surface area contributed by atoms with Crippen LogP contribution >= 0.6 is 0 Å². The summed E-state index contributed by atoms with van der Waals surface area (Å²) in [5, 5.41) is 2.41. The van der Waals surface area contributed by atoms with Gasteiger partial charge in [0.05, 0.1) is 28.2 Å². The van der Waals surface area contributed by atoms with Crippen molar-refractivity contribution in [3.63, 3.8) is 0 Å². The molecule has 28 heavy (non-hydrogen) atoms. The van der Waals surface area contributed by atoms with Gasteiger partial charge < -0.3 is 20.9 Å². The minimum Gasteiger partial charge on any atom is -0.366 e. The van der Waals surface area contributed by atoms with Crippen LogP contribution in [0.25, 0.3) is 10.9 Å². The van der Waals surface area contributed by atoms with E-state index >= 15 is 0 Å². The van der Waals surface area contributed by atoms with Crippen LogP contribution in [0.5, 0.6) is 0 Å². The largest absolute Gasteiger partial charge is 0.366 e. The standard InChI is InChI=1S/C19H19F3N4O2/c1-3-4-14(27)25-11-5-10(20)7-26(8-11)18-13(21)6-12(19(23)28)17-15(18)16(22)9(2)24-17/h6,10-11,24H,5,7-8H2,1-2H3,(H2,23,28)(H,25,27)/t10-,11-/m0/s1. The molecule has 2 atom stereocenters. The summed E-state index contributed by atoms with van der Waals surface area (Å²) in [5.41, 5.74) is 5.06.